The number of hydrogen-bond donors (Lipinski definition) is 1. The third-order valence-corrected chi connectivity index (χ3v) is 4.80. The summed E-state index contributed by atoms with van der Waals surface area (Å²) in [5.41, 5.74) is 1.59. The van der Waals surface area contributed by atoms with Gasteiger partial charge in [0.05, 0.1) is 6.54 Å². The van der Waals surface area contributed by atoms with E-state index in [0.717, 1.165) is 18.4 Å². The van der Waals surface area contributed by atoms with Gasteiger partial charge in [-0.15, -0.1) is 27.6 Å². The predicted molar refractivity (Wildman–Crippen MR) is 103 cm³/mol. The number of carbonyl (C=O) groups is 1. The summed E-state index contributed by atoms with van der Waals surface area (Å²) in [5.74, 6) is 4.39. The Morgan fingerprint density at radius 1 is 1.15 bits per heavy atom. The molecule has 1 aromatic carbocycles. The molecule has 0 spiro atoms. The van der Waals surface area contributed by atoms with Crippen molar-refractivity contribution < 1.29 is 4.79 Å². The van der Waals surface area contributed by atoms with Gasteiger partial charge in [-0.2, -0.15) is 4.52 Å². The number of amides is 1. The maximum absolute atomic E-state index is 12.4. The fraction of sp³-hybridized carbons (Fsp3) is 0.300. The van der Waals surface area contributed by atoms with Crippen LogP contribution in [0.25, 0.3) is 17.0 Å². The lowest BCUT2D eigenvalue weighted by atomic mass is 9.98. The minimum atomic E-state index is 0.0550. The van der Waals surface area contributed by atoms with Crippen molar-refractivity contribution in [2.24, 2.45) is 5.92 Å². The molecule has 7 heteroatoms. The summed E-state index contributed by atoms with van der Waals surface area (Å²) >= 11 is 0. The summed E-state index contributed by atoms with van der Waals surface area (Å²) in [6.07, 6.45) is 7.20. The molecule has 0 bridgehead atoms. The van der Waals surface area contributed by atoms with Gasteiger partial charge in [0.15, 0.2) is 11.5 Å². The van der Waals surface area contributed by atoms with E-state index in [0.29, 0.717) is 30.4 Å². The topological polar surface area (TPSA) is 75.4 Å². The second kappa shape index (κ2) is 7.46. The number of likely N-dealkylation sites (tertiary alicyclic amines) is 1. The van der Waals surface area contributed by atoms with Crippen molar-refractivity contribution >= 4 is 17.4 Å². The lowest BCUT2D eigenvalue weighted by molar-refractivity contribution is -0.130. The first-order valence-corrected chi connectivity index (χ1v) is 9.00. The smallest absolute Gasteiger partial charge is 0.241 e. The van der Waals surface area contributed by atoms with Crippen molar-refractivity contribution in [1.82, 2.24) is 24.7 Å². The second-order valence-corrected chi connectivity index (χ2v) is 6.55. The molecule has 1 N–H and O–H groups in total. The van der Waals surface area contributed by atoms with Crippen molar-refractivity contribution in [1.29, 1.82) is 0 Å². The zero-order chi connectivity index (χ0) is 18.6. The Bertz CT molecular complexity index is 983. The van der Waals surface area contributed by atoms with E-state index in [9.17, 15) is 4.79 Å². The number of nitrogens with one attached hydrogen (secondary N) is 1. The number of hydrogen-bond acceptors (Lipinski definition) is 5. The van der Waals surface area contributed by atoms with Gasteiger partial charge in [0.25, 0.3) is 0 Å². The molecule has 1 amide bonds. The highest BCUT2D eigenvalue weighted by atomic mass is 16.2. The van der Waals surface area contributed by atoms with E-state index in [1.165, 1.54) is 0 Å². The monoisotopic (exact) mass is 360 g/mol. The quantitative estimate of drug-likeness (QED) is 0.721. The first-order chi connectivity index (χ1) is 13.2. The average molecular weight is 360 g/mol. The molecule has 1 saturated heterocycles. The molecule has 0 aliphatic carbocycles. The van der Waals surface area contributed by atoms with Gasteiger partial charge in [-0.1, -0.05) is 30.3 Å². The highest BCUT2D eigenvalue weighted by Gasteiger charge is 2.21. The molecule has 4 rings (SSSR count). The van der Waals surface area contributed by atoms with E-state index in [2.05, 4.69) is 26.5 Å². The van der Waals surface area contributed by atoms with Gasteiger partial charge in [-0.3, -0.25) is 4.79 Å². The molecule has 7 nitrogen and oxygen atoms in total. The van der Waals surface area contributed by atoms with Crippen molar-refractivity contribution in [3.05, 3.63) is 42.5 Å². The van der Waals surface area contributed by atoms with Crippen LogP contribution in [0.1, 0.15) is 12.8 Å². The maximum Gasteiger partial charge on any atom is 0.241 e. The van der Waals surface area contributed by atoms with E-state index >= 15 is 0 Å². The second-order valence-electron chi connectivity index (χ2n) is 6.55. The number of benzene rings is 1. The molecule has 0 atom stereocenters. The van der Waals surface area contributed by atoms with Gasteiger partial charge >= 0.3 is 0 Å². The summed E-state index contributed by atoms with van der Waals surface area (Å²) in [5, 5.41) is 16.0. The Morgan fingerprint density at radius 3 is 2.67 bits per heavy atom. The zero-order valence-corrected chi connectivity index (χ0v) is 14.9. The van der Waals surface area contributed by atoms with Crippen LogP contribution in [0.4, 0.5) is 5.82 Å². The third-order valence-electron chi connectivity index (χ3n) is 4.80. The third kappa shape index (κ3) is 3.60. The molecule has 1 aliphatic rings. The van der Waals surface area contributed by atoms with Crippen LogP contribution < -0.4 is 5.32 Å². The van der Waals surface area contributed by atoms with Gasteiger partial charge in [0.1, 0.15) is 5.82 Å². The minimum absolute atomic E-state index is 0.0550. The largest absolute Gasteiger partial charge is 0.360 e. The molecule has 0 radical (unpaired) electrons. The Balaban J connectivity index is 1.45. The van der Waals surface area contributed by atoms with Crippen LogP contribution in [-0.4, -0.2) is 50.3 Å². The van der Waals surface area contributed by atoms with Crippen LogP contribution in [0.3, 0.4) is 0 Å². The van der Waals surface area contributed by atoms with Crippen molar-refractivity contribution in [2.45, 2.75) is 12.8 Å². The zero-order valence-electron chi connectivity index (χ0n) is 14.9. The number of terminal acetylenes is 1. The molecule has 3 heterocycles. The normalized spacial score (nSPS) is 14.9. The number of piperidine rings is 1. The molecule has 1 aliphatic heterocycles. The average Bonchev–Trinajstić information content (AvgIpc) is 3.16. The number of fused-ring (bicyclic) bond motifs is 1. The Morgan fingerprint density at radius 2 is 1.93 bits per heavy atom. The molecule has 1 fully saturated rings. The molecule has 0 unspecified atom stereocenters. The van der Waals surface area contributed by atoms with E-state index in [1.54, 1.807) is 10.6 Å². The summed E-state index contributed by atoms with van der Waals surface area (Å²) in [6.45, 7) is 1.62. The van der Waals surface area contributed by atoms with Crippen LogP contribution >= 0.6 is 0 Å². The number of carbonyl (C=O) groups excluding carboxylic acids is 1. The fourth-order valence-corrected chi connectivity index (χ4v) is 3.22. The van der Waals surface area contributed by atoms with E-state index in [1.807, 2.05) is 41.3 Å². The van der Waals surface area contributed by atoms with Crippen LogP contribution in [0.2, 0.25) is 0 Å². The summed E-state index contributed by atoms with van der Waals surface area (Å²) in [7, 11) is 0. The van der Waals surface area contributed by atoms with Crippen molar-refractivity contribution in [3.63, 3.8) is 0 Å². The molecule has 27 heavy (non-hydrogen) atoms. The highest BCUT2D eigenvalue weighted by Crippen LogP contribution is 2.18. The minimum Gasteiger partial charge on any atom is -0.360 e. The first kappa shape index (κ1) is 17.0. The van der Waals surface area contributed by atoms with Gasteiger partial charge < -0.3 is 10.2 Å². The maximum atomic E-state index is 12.4. The van der Waals surface area contributed by atoms with Gasteiger partial charge in [0.2, 0.25) is 5.91 Å². The van der Waals surface area contributed by atoms with E-state index in [4.69, 9.17) is 6.42 Å². The molecule has 136 valence electrons. The summed E-state index contributed by atoms with van der Waals surface area (Å²) < 4.78 is 1.68. The van der Waals surface area contributed by atoms with Gasteiger partial charge in [0, 0.05) is 24.6 Å². The van der Waals surface area contributed by atoms with E-state index in [-0.39, 0.29) is 18.4 Å². The molecular weight excluding hydrogens is 340 g/mol. The van der Waals surface area contributed by atoms with Crippen LogP contribution in [0, 0.1) is 18.3 Å². The SMILES string of the molecule is C#CC1CCN(C(=O)CNc2ccc3nnc(-c4ccccc4)n3n2)CC1. The van der Waals surface area contributed by atoms with Gasteiger partial charge in [-0.25, -0.2) is 0 Å². The van der Waals surface area contributed by atoms with Crippen molar-refractivity contribution in [2.75, 3.05) is 25.0 Å². The highest BCUT2D eigenvalue weighted by molar-refractivity contribution is 5.80. The standard InChI is InChI=1S/C20H20N6O/c1-2-15-10-12-25(13-11-15)19(27)14-21-17-8-9-18-22-23-20(26(18)24-17)16-6-4-3-5-7-16/h1,3-9,15H,10-14H2,(H,21,24). The number of nitrogens with zero attached hydrogens (tertiary/aromatic N) is 5. The first-order valence-electron chi connectivity index (χ1n) is 9.00. The Hall–Kier alpha value is -3.40. The van der Waals surface area contributed by atoms with Crippen LogP contribution in [0.15, 0.2) is 42.5 Å². The predicted octanol–water partition coefficient (Wildman–Crippen LogP) is 2.07. The molecule has 0 saturated carbocycles. The fourth-order valence-electron chi connectivity index (χ4n) is 3.22. The number of aromatic nitrogens is 4. The van der Waals surface area contributed by atoms with Crippen LogP contribution in [0.5, 0.6) is 0 Å². The van der Waals surface area contributed by atoms with Crippen LogP contribution in [-0.2, 0) is 4.79 Å². The van der Waals surface area contributed by atoms with Crippen molar-refractivity contribution in [3.8, 4) is 23.7 Å². The molecule has 2 aromatic heterocycles. The number of rotatable bonds is 4. The van der Waals surface area contributed by atoms with E-state index < -0.39 is 0 Å². The Labute approximate surface area is 157 Å². The number of anilines is 1. The molecule has 3 aromatic rings. The lowest BCUT2D eigenvalue weighted by Crippen LogP contribution is -2.41. The summed E-state index contributed by atoms with van der Waals surface area (Å²) in [6, 6.07) is 13.4. The summed E-state index contributed by atoms with van der Waals surface area (Å²) in [4.78, 5) is 14.3. The Kier molecular flexibility index (Phi) is 4.71. The lowest BCUT2D eigenvalue weighted by Gasteiger charge is -2.29. The van der Waals surface area contributed by atoms with Gasteiger partial charge in [-0.05, 0) is 25.0 Å². The molecular formula is C20H20N6O.